The number of nitrogens with zero attached hydrogens (tertiary/aromatic N) is 1. The minimum absolute atomic E-state index is 0.227. The van der Waals surface area contributed by atoms with E-state index in [1.165, 1.54) is 26.9 Å². The summed E-state index contributed by atoms with van der Waals surface area (Å²) in [5, 5.41) is 9.03. The molecule has 0 spiro atoms. The Bertz CT molecular complexity index is 1140. The number of methoxy groups -OCH3 is 3. The van der Waals surface area contributed by atoms with Gasteiger partial charge in [0.15, 0.2) is 18.1 Å². The predicted molar refractivity (Wildman–Crippen MR) is 135 cm³/mol. The molecule has 8 nitrogen and oxygen atoms in total. The van der Waals surface area contributed by atoms with Crippen molar-refractivity contribution in [2.24, 2.45) is 0 Å². The number of para-hydroxylation sites is 1. The Balaban J connectivity index is 1.90. The Morgan fingerprint density at radius 2 is 1.47 bits per heavy atom. The Morgan fingerprint density at radius 1 is 0.833 bits per heavy atom. The summed E-state index contributed by atoms with van der Waals surface area (Å²) in [6, 6.07) is 20.4. The van der Waals surface area contributed by atoms with Gasteiger partial charge in [0.1, 0.15) is 5.75 Å². The number of ether oxygens (including phenoxy) is 4. The molecular formula is C28H31NO7. The maximum absolute atomic E-state index is 13.7. The highest BCUT2D eigenvalue weighted by Gasteiger charge is 2.22. The normalized spacial score (nSPS) is 10.4. The van der Waals surface area contributed by atoms with Gasteiger partial charge in [-0.3, -0.25) is 4.79 Å². The lowest BCUT2D eigenvalue weighted by molar-refractivity contribution is -0.139. The molecular weight excluding hydrogens is 462 g/mol. The summed E-state index contributed by atoms with van der Waals surface area (Å²) in [6.07, 6.45) is 1.54. The topological polar surface area (TPSA) is 94.5 Å². The van der Waals surface area contributed by atoms with Gasteiger partial charge in [0.05, 0.1) is 21.3 Å². The molecule has 1 N–H and O–H groups in total. The molecule has 3 aromatic rings. The molecule has 0 aromatic heterocycles. The number of hydrogen-bond acceptors (Lipinski definition) is 6. The monoisotopic (exact) mass is 493 g/mol. The molecule has 190 valence electrons. The van der Waals surface area contributed by atoms with E-state index in [1.807, 2.05) is 30.3 Å². The number of amides is 1. The lowest BCUT2D eigenvalue weighted by Gasteiger charge is -2.25. The smallest absolute Gasteiger partial charge is 0.341 e. The Kier molecular flexibility index (Phi) is 9.56. The summed E-state index contributed by atoms with van der Waals surface area (Å²) in [7, 11) is 4.50. The zero-order valence-corrected chi connectivity index (χ0v) is 20.7. The second-order valence-electron chi connectivity index (χ2n) is 8.02. The largest absolute Gasteiger partial charge is 0.493 e. The zero-order chi connectivity index (χ0) is 25.9. The van der Waals surface area contributed by atoms with Crippen molar-refractivity contribution in [3.63, 3.8) is 0 Å². The van der Waals surface area contributed by atoms with Crippen LogP contribution in [0.2, 0.25) is 0 Å². The molecule has 0 unspecified atom stereocenters. The molecule has 0 aliphatic carbocycles. The molecule has 36 heavy (non-hydrogen) atoms. The van der Waals surface area contributed by atoms with Crippen molar-refractivity contribution in [1.29, 1.82) is 0 Å². The lowest BCUT2D eigenvalue weighted by atomic mass is 10.1. The Morgan fingerprint density at radius 3 is 2.08 bits per heavy atom. The molecule has 0 radical (unpaired) electrons. The van der Waals surface area contributed by atoms with Gasteiger partial charge in [-0.25, -0.2) is 4.79 Å². The molecule has 8 heteroatoms. The second-order valence-corrected chi connectivity index (χ2v) is 8.02. The van der Waals surface area contributed by atoms with E-state index in [-0.39, 0.29) is 12.5 Å². The average Bonchev–Trinajstić information content (AvgIpc) is 2.91. The first-order valence-electron chi connectivity index (χ1n) is 11.5. The fraction of sp³-hybridized carbons (Fsp3) is 0.286. The second kappa shape index (κ2) is 13.0. The van der Waals surface area contributed by atoms with Crippen LogP contribution in [0.3, 0.4) is 0 Å². The van der Waals surface area contributed by atoms with E-state index >= 15 is 0 Å². The van der Waals surface area contributed by atoms with Crippen LogP contribution in [0, 0.1) is 0 Å². The molecule has 1 amide bonds. The third-order valence-electron chi connectivity index (χ3n) is 5.62. The first-order valence-corrected chi connectivity index (χ1v) is 11.5. The van der Waals surface area contributed by atoms with E-state index in [1.54, 1.807) is 29.2 Å². The fourth-order valence-electron chi connectivity index (χ4n) is 3.88. The van der Waals surface area contributed by atoms with E-state index in [4.69, 9.17) is 24.1 Å². The van der Waals surface area contributed by atoms with Crippen molar-refractivity contribution < 1.29 is 33.6 Å². The number of carboxylic acids is 1. The Labute approximate surface area is 211 Å². The summed E-state index contributed by atoms with van der Waals surface area (Å²) in [5.74, 6) is 0.294. The van der Waals surface area contributed by atoms with Crippen LogP contribution in [0.15, 0.2) is 66.7 Å². The summed E-state index contributed by atoms with van der Waals surface area (Å²) in [4.78, 5) is 26.5. The van der Waals surface area contributed by atoms with Gasteiger partial charge in [0, 0.05) is 24.2 Å². The zero-order valence-electron chi connectivity index (χ0n) is 20.7. The number of carbonyl (C=O) groups excluding carboxylic acids is 1. The summed E-state index contributed by atoms with van der Waals surface area (Å²) in [6.45, 7) is 0.240. The highest BCUT2D eigenvalue weighted by atomic mass is 16.5. The number of rotatable bonds is 13. The number of hydrogen-bond donors (Lipinski definition) is 1. The predicted octanol–water partition coefficient (Wildman–Crippen LogP) is 4.45. The molecule has 0 aliphatic rings. The summed E-state index contributed by atoms with van der Waals surface area (Å²) >= 11 is 0. The molecule has 0 saturated carbocycles. The van der Waals surface area contributed by atoms with Crippen LogP contribution in [-0.4, -0.2) is 56.4 Å². The van der Waals surface area contributed by atoms with Crippen LogP contribution >= 0.6 is 0 Å². The maximum atomic E-state index is 13.7. The molecule has 0 saturated heterocycles. The van der Waals surface area contributed by atoms with Gasteiger partial charge in [-0.1, -0.05) is 48.5 Å². The van der Waals surface area contributed by atoms with Crippen LogP contribution < -0.4 is 18.9 Å². The maximum Gasteiger partial charge on any atom is 0.341 e. The molecule has 3 aromatic carbocycles. The molecule has 0 fully saturated rings. The van der Waals surface area contributed by atoms with Crippen LogP contribution in [0.5, 0.6) is 23.0 Å². The first kappa shape index (κ1) is 26.4. The number of carbonyl (C=O) groups is 2. The van der Waals surface area contributed by atoms with E-state index < -0.39 is 12.6 Å². The van der Waals surface area contributed by atoms with Gasteiger partial charge in [-0.15, -0.1) is 0 Å². The first-order chi connectivity index (χ1) is 17.5. The number of carboxylic acid groups (broad SMARTS) is 1. The van der Waals surface area contributed by atoms with Crippen molar-refractivity contribution in [3.05, 3.63) is 83.4 Å². The van der Waals surface area contributed by atoms with Crippen molar-refractivity contribution in [2.45, 2.75) is 19.4 Å². The van der Waals surface area contributed by atoms with Crippen molar-refractivity contribution in [3.8, 4) is 23.0 Å². The van der Waals surface area contributed by atoms with Crippen LogP contribution in [-0.2, 0) is 17.8 Å². The fourth-order valence-corrected chi connectivity index (χ4v) is 3.88. The van der Waals surface area contributed by atoms with E-state index in [9.17, 15) is 9.59 Å². The Hall–Kier alpha value is -4.20. The summed E-state index contributed by atoms with van der Waals surface area (Å²) in [5.41, 5.74) is 2.27. The number of aliphatic carboxylic acids is 1. The van der Waals surface area contributed by atoms with Crippen LogP contribution in [0.25, 0.3) is 0 Å². The standard InChI is InChI=1S/C28H31NO7/c1-33-24-16-22(17-25(34-2)27(24)35-3)28(32)29(15-9-12-20-10-5-4-6-11-20)18-21-13-7-8-14-23(21)36-19-26(30)31/h4-8,10-11,13-14,16-17H,9,12,15,18-19H2,1-3H3,(H,30,31). The minimum Gasteiger partial charge on any atom is -0.493 e. The van der Waals surface area contributed by atoms with Crippen LogP contribution in [0.1, 0.15) is 27.9 Å². The van der Waals surface area contributed by atoms with Gasteiger partial charge in [0.2, 0.25) is 5.75 Å². The number of benzene rings is 3. The van der Waals surface area contributed by atoms with E-state index in [2.05, 4.69) is 12.1 Å². The molecule has 3 rings (SSSR count). The highest BCUT2D eigenvalue weighted by molar-refractivity contribution is 5.95. The van der Waals surface area contributed by atoms with Crippen molar-refractivity contribution >= 4 is 11.9 Å². The average molecular weight is 494 g/mol. The quantitative estimate of drug-likeness (QED) is 0.376. The SMILES string of the molecule is COc1cc(C(=O)N(CCCc2ccccc2)Cc2ccccc2OCC(=O)O)cc(OC)c1OC. The molecule has 0 bridgehead atoms. The van der Waals surface area contributed by atoms with Crippen molar-refractivity contribution in [1.82, 2.24) is 4.90 Å². The van der Waals surface area contributed by atoms with Gasteiger partial charge in [-0.2, -0.15) is 0 Å². The third-order valence-corrected chi connectivity index (χ3v) is 5.62. The summed E-state index contributed by atoms with van der Waals surface area (Å²) < 4.78 is 21.7. The molecule has 0 atom stereocenters. The van der Waals surface area contributed by atoms with E-state index in [0.29, 0.717) is 40.7 Å². The molecule has 0 heterocycles. The molecule has 0 aliphatic heterocycles. The lowest BCUT2D eigenvalue weighted by Crippen LogP contribution is -2.32. The van der Waals surface area contributed by atoms with Gasteiger partial charge >= 0.3 is 5.97 Å². The van der Waals surface area contributed by atoms with Crippen LogP contribution in [0.4, 0.5) is 0 Å². The highest BCUT2D eigenvalue weighted by Crippen LogP contribution is 2.38. The van der Waals surface area contributed by atoms with Gasteiger partial charge in [-0.05, 0) is 36.6 Å². The third kappa shape index (κ3) is 6.91. The minimum atomic E-state index is -1.07. The van der Waals surface area contributed by atoms with Gasteiger partial charge in [0.25, 0.3) is 5.91 Å². The number of aryl methyl sites for hydroxylation is 1. The van der Waals surface area contributed by atoms with E-state index in [0.717, 1.165) is 12.8 Å². The van der Waals surface area contributed by atoms with Crippen molar-refractivity contribution in [2.75, 3.05) is 34.5 Å². The van der Waals surface area contributed by atoms with Gasteiger partial charge < -0.3 is 29.0 Å².